The molecule has 0 bridgehead atoms. The summed E-state index contributed by atoms with van der Waals surface area (Å²) in [5.74, 6) is 1.20. The fourth-order valence-corrected chi connectivity index (χ4v) is 6.09. The third kappa shape index (κ3) is 6.54. The molecule has 2 heterocycles. The molecule has 8 nitrogen and oxygen atoms in total. The SMILES string of the molecule is CC(C)(C)OC(=O)N=S(C)(=O)c1cccc(NC(=O)c2ccc(CC3CC3)nc2N2CCC3(CC2)CC3)c1. The first-order chi connectivity index (χ1) is 17.9. The highest BCUT2D eigenvalue weighted by Crippen LogP contribution is 2.54. The number of hydrogen-bond donors (Lipinski definition) is 1. The zero-order chi connectivity index (χ0) is 27.1. The van der Waals surface area contributed by atoms with E-state index < -0.39 is 21.4 Å². The highest BCUT2D eigenvalue weighted by Gasteiger charge is 2.45. The maximum Gasteiger partial charge on any atom is 0.442 e. The molecule has 204 valence electrons. The van der Waals surface area contributed by atoms with E-state index in [1.54, 1.807) is 45.0 Å². The molecule has 0 radical (unpaired) electrons. The van der Waals surface area contributed by atoms with Gasteiger partial charge in [-0.15, -0.1) is 4.36 Å². The second kappa shape index (κ2) is 9.98. The van der Waals surface area contributed by atoms with Gasteiger partial charge in [-0.05, 0) is 107 Å². The predicted octanol–water partition coefficient (Wildman–Crippen LogP) is 6.06. The first-order valence-corrected chi connectivity index (χ1v) is 15.5. The van der Waals surface area contributed by atoms with Crippen molar-refractivity contribution in [3.63, 3.8) is 0 Å². The van der Waals surface area contributed by atoms with Crippen molar-refractivity contribution >= 4 is 33.2 Å². The average molecular weight is 539 g/mol. The number of piperidine rings is 1. The van der Waals surface area contributed by atoms with Crippen LogP contribution in [-0.2, 0) is 20.9 Å². The van der Waals surface area contributed by atoms with Gasteiger partial charge in [0.15, 0.2) is 0 Å². The van der Waals surface area contributed by atoms with E-state index in [0.717, 1.165) is 43.9 Å². The summed E-state index contributed by atoms with van der Waals surface area (Å²) in [6.45, 7) is 7.01. The molecule has 3 fully saturated rings. The quantitative estimate of drug-likeness (QED) is 0.480. The van der Waals surface area contributed by atoms with Gasteiger partial charge in [0, 0.05) is 35.6 Å². The molecular weight excluding hydrogens is 500 g/mol. The van der Waals surface area contributed by atoms with E-state index in [9.17, 15) is 13.8 Å². The summed E-state index contributed by atoms with van der Waals surface area (Å²) < 4.78 is 22.3. The van der Waals surface area contributed by atoms with Gasteiger partial charge in [0.2, 0.25) is 0 Å². The Morgan fingerprint density at radius 1 is 1.13 bits per heavy atom. The second-order valence-corrected chi connectivity index (χ2v) is 14.4. The van der Waals surface area contributed by atoms with Gasteiger partial charge in [0.25, 0.3) is 5.91 Å². The van der Waals surface area contributed by atoms with Crippen molar-refractivity contribution in [3.8, 4) is 0 Å². The number of rotatable bonds is 6. The van der Waals surface area contributed by atoms with E-state index in [-0.39, 0.29) is 5.91 Å². The third-order valence-electron chi connectivity index (χ3n) is 7.62. The lowest BCUT2D eigenvalue weighted by Gasteiger charge is -2.34. The van der Waals surface area contributed by atoms with Gasteiger partial charge in [-0.3, -0.25) is 4.79 Å². The van der Waals surface area contributed by atoms with Gasteiger partial charge in [0.1, 0.15) is 11.4 Å². The standard InChI is InChI=1S/C29H38N4O4S/c1-28(2,3)37-27(35)32-38(4,36)23-7-5-6-21(19-23)31-26(34)24-11-10-22(18-20-8-9-20)30-25(24)33-16-14-29(12-13-29)15-17-33/h5-7,10-11,19-20H,8-9,12-18H2,1-4H3,(H,31,34). The van der Waals surface area contributed by atoms with Gasteiger partial charge in [-0.25, -0.2) is 14.0 Å². The van der Waals surface area contributed by atoms with Crippen molar-refractivity contribution in [1.82, 2.24) is 4.98 Å². The Morgan fingerprint density at radius 3 is 2.47 bits per heavy atom. The Hall–Kier alpha value is -2.94. The number of nitrogens with zero attached hydrogens (tertiary/aromatic N) is 3. The molecule has 2 aliphatic carbocycles. The zero-order valence-corrected chi connectivity index (χ0v) is 23.6. The smallest absolute Gasteiger partial charge is 0.442 e. The number of ether oxygens (including phenoxy) is 1. The number of benzene rings is 1. The molecule has 1 spiro atoms. The topological polar surface area (TPSA) is 101 Å². The Morgan fingerprint density at radius 2 is 1.84 bits per heavy atom. The maximum atomic E-state index is 13.5. The first kappa shape index (κ1) is 26.7. The Bertz CT molecular complexity index is 1350. The second-order valence-electron chi connectivity index (χ2n) is 12.2. The summed E-state index contributed by atoms with van der Waals surface area (Å²) in [6, 6.07) is 10.5. The average Bonchev–Trinajstić information content (AvgIpc) is 3.77. The van der Waals surface area contributed by atoms with Crippen LogP contribution in [0.1, 0.15) is 75.3 Å². The summed E-state index contributed by atoms with van der Waals surface area (Å²) in [5.41, 5.74) is 1.85. The fraction of sp³-hybridized carbons (Fsp3) is 0.552. The zero-order valence-electron chi connectivity index (χ0n) is 22.8. The van der Waals surface area contributed by atoms with Crippen LogP contribution >= 0.6 is 0 Å². The Kier molecular flexibility index (Phi) is 7.00. The van der Waals surface area contributed by atoms with Crippen LogP contribution in [-0.4, -0.2) is 46.1 Å². The molecule has 1 saturated heterocycles. The molecule has 9 heteroatoms. The molecule has 1 atom stereocenters. The van der Waals surface area contributed by atoms with Crippen molar-refractivity contribution < 1.29 is 18.5 Å². The van der Waals surface area contributed by atoms with Crippen LogP contribution in [0.4, 0.5) is 16.3 Å². The number of aromatic nitrogens is 1. The van der Waals surface area contributed by atoms with E-state index in [4.69, 9.17) is 9.72 Å². The molecule has 1 N–H and O–H groups in total. The minimum atomic E-state index is -3.07. The minimum absolute atomic E-state index is 0.263. The molecule has 2 saturated carbocycles. The van der Waals surface area contributed by atoms with Crippen LogP contribution in [0.5, 0.6) is 0 Å². The molecule has 1 aromatic heterocycles. The molecule has 1 aromatic carbocycles. The molecule has 5 rings (SSSR count). The van der Waals surface area contributed by atoms with Crippen LogP contribution in [0.3, 0.4) is 0 Å². The van der Waals surface area contributed by atoms with E-state index in [1.165, 1.54) is 31.9 Å². The van der Waals surface area contributed by atoms with Gasteiger partial charge >= 0.3 is 6.09 Å². The van der Waals surface area contributed by atoms with Gasteiger partial charge < -0.3 is 15.0 Å². The van der Waals surface area contributed by atoms with Crippen molar-refractivity contribution in [2.45, 2.75) is 76.2 Å². The summed E-state index contributed by atoms with van der Waals surface area (Å²) in [6.07, 6.45) is 8.91. The molecule has 3 aliphatic rings. The maximum absolute atomic E-state index is 13.5. The van der Waals surface area contributed by atoms with Crippen LogP contribution in [0.15, 0.2) is 45.7 Å². The summed E-state index contributed by atoms with van der Waals surface area (Å²) in [5, 5.41) is 2.95. The first-order valence-electron chi connectivity index (χ1n) is 13.5. The van der Waals surface area contributed by atoms with Crippen molar-refractivity contribution in [3.05, 3.63) is 47.7 Å². The van der Waals surface area contributed by atoms with Crippen LogP contribution in [0, 0.1) is 11.3 Å². The van der Waals surface area contributed by atoms with Crippen LogP contribution in [0.2, 0.25) is 0 Å². The lowest BCUT2D eigenvalue weighted by Crippen LogP contribution is -2.36. The monoisotopic (exact) mass is 538 g/mol. The minimum Gasteiger partial charge on any atom is -0.442 e. The highest BCUT2D eigenvalue weighted by molar-refractivity contribution is 7.93. The lowest BCUT2D eigenvalue weighted by molar-refractivity contribution is 0.0607. The predicted molar refractivity (Wildman–Crippen MR) is 149 cm³/mol. The van der Waals surface area contributed by atoms with Crippen molar-refractivity contribution in [1.29, 1.82) is 0 Å². The van der Waals surface area contributed by atoms with E-state index in [2.05, 4.69) is 14.6 Å². The summed E-state index contributed by atoms with van der Waals surface area (Å²) in [7, 11) is -3.07. The number of nitrogens with one attached hydrogen (secondary N) is 1. The van der Waals surface area contributed by atoms with Crippen LogP contribution < -0.4 is 10.2 Å². The number of carbonyl (C=O) groups is 2. The highest BCUT2D eigenvalue weighted by atomic mass is 32.2. The molecule has 2 amide bonds. The molecule has 2 aromatic rings. The number of amides is 2. The number of anilines is 2. The Balaban J connectivity index is 1.36. The largest absolute Gasteiger partial charge is 0.442 e. The van der Waals surface area contributed by atoms with E-state index in [1.807, 2.05) is 12.1 Å². The molecule has 38 heavy (non-hydrogen) atoms. The van der Waals surface area contributed by atoms with Crippen molar-refractivity contribution in [2.24, 2.45) is 15.7 Å². The number of carbonyl (C=O) groups excluding carboxylic acids is 2. The van der Waals surface area contributed by atoms with Gasteiger partial charge in [0.05, 0.1) is 15.3 Å². The normalized spacial score (nSPS) is 19.9. The summed E-state index contributed by atoms with van der Waals surface area (Å²) >= 11 is 0. The number of pyridine rings is 1. The van der Waals surface area contributed by atoms with Crippen molar-refractivity contribution in [2.75, 3.05) is 29.6 Å². The third-order valence-corrected chi connectivity index (χ3v) is 9.25. The van der Waals surface area contributed by atoms with E-state index >= 15 is 0 Å². The molecule has 1 aliphatic heterocycles. The number of hydrogen-bond acceptors (Lipinski definition) is 6. The van der Waals surface area contributed by atoms with E-state index in [0.29, 0.717) is 27.5 Å². The Labute approximate surface area is 225 Å². The summed E-state index contributed by atoms with van der Waals surface area (Å²) in [4.78, 5) is 33.3. The van der Waals surface area contributed by atoms with Crippen LogP contribution in [0.25, 0.3) is 0 Å². The molecule has 1 unspecified atom stereocenters. The lowest BCUT2D eigenvalue weighted by atomic mass is 9.93. The van der Waals surface area contributed by atoms with Gasteiger partial charge in [-0.2, -0.15) is 0 Å². The molecular formula is C29H38N4O4S. The van der Waals surface area contributed by atoms with Gasteiger partial charge in [-0.1, -0.05) is 6.07 Å². The fourth-order valence-electron chi connectivity index (χ4n) is 4.99.